The minimum Gasteiger partial charge on any atom is -0.466 e. The summed E-state index contributed by atoms with van der Waals surface area (Å²) in [5.41, 5.74) is -2.22. The number of nitrogens with zero attached hydrogens (tertiary/aromatic N) is 2. The van der Waals surface area contributed by atoms with E-state index in [1.165, 1.54) is 0 Å². The topological polar surface area (TPSA) is 70.4 Å². The third-order valence-electron chi connectivity index (χ3n) is 5.43. The van der Waals surface area contributed by atoms with E-state index >= 15 is 0 Å². The molecular formula is C20H29F3N2O4. The highest BCUT2D eigenvalue weighted by molar-refractivity contribution is 5.90. The van der Waals surface area contributed by atoms with Gasteiger partial charge in [-0.2, -0.15) is 18.3 Å². The maximum absolute atomic E-state index is 13.8. The molecular weight excluding hydrogens is 389 g/mol. The number of carbonyl (C=O) groups is 2. The molecule has 1 aromatic heterocycles. The molecule has 1 saturated carbocycles. The summed E-state index contributed by atoms with van der Waals surface area (Å²) in [7, 11) is 0. The number of unbranched alkanes of at least 4 members (excludes halogenated alkanes) is 1. The van der Waals surface area contributed by atoms with E-state index in [2.05, 4.69) is 5.10 Å². The lowest BCUT2D eigenvalue weighted by atomic mass is 9.67. The van der Waals surface area contributed by atoms with Crippen molar-refractivity contribution in [3.8, 4) is 0 Å². The van der Waals surface area contributed by atoms with Crippen LogP contribution in [0.3, 0.4) is 0 Å². The molecule has 0 radical (unpaired) electrons. The van der Waals surface area contributed by atoms with Crippen molar-refractivity contribution >= 4 is 11.9 Å². The Bertz CT molecular complexity index is 728. The lowest BCUT2D eigenvalue weighted by Crippen LogP contribution is -2.39. The van der Waals surface area contributed by atoms with Crippen molar-refractivity contribution in [1.82, 2.24) is 9.78 Å². The highest BCUT2D eigenvalue weighted by atomic mass is 19.4. The first-order chi connectivity index (χ1) is 13.5. The van der Waals surface area contributed by atoms with E-state index in [9.17, 15) is 22.8 Å². The summed E-state index contributed by atoms with van der Waals surface area (Å²) in [5, 5.41) is 3.91. The van der Waals surface area contributed by atoms with Crippen molar-refractivity contribution in [2.75, 3.05) is 13.2 Å². The number of rotatable bonds is 7. The molecule has 1 aliphatic carbocycles. The van der Waals surface area contributed by atoms with E-state index in [1.807, 2.05) is 20.8 Å². The summed E-state index contributed by atoms with van der Waals surface area (Å²) >= 11 is 0. The summed E-state index contributed by atoms with van der Waals surface area (Å²) in [4.78, 5) is 24.4. The van der Waals surface area contributed by atoms with Crippen molar-refractivity contribution in [2.45, 2.75) is 72.0 Å². The fourth-order valence-corrected chi connectivity index (χ4v) is 3.95. The number of halogens is 3. The summed E-state index contributed by atoms with van der Waals surface area (Å²) < 4.78 is 52.4. The predicted octanol–water partition coefficient (Wildman–Crippen LogP) is 4.79. The van der Waals surface area contributed by atoms with Crippen LogP contribution in [0.2, 0.25) is 0 Å². The second kappa shape index (κ2) is 9.17. The summed E-state index contributed by atoms with van der Waals surface area (Å²) in [6.07, 6.45) is -1.44. The highest BCUT2D eigenvalue weighted by Gasteiger charge is 2.46. The van der Waals surface area contributed by atoms with Crippen molar-refractivity contribution in [3.63, 3.8) is 0 Å². The van der Waals surface area contributed by atoms with Gasteiger partial charge in [0.2, 0.25) is 0 Å². The van der Waals surface area contributed by atoms with Crippen LogP contribution in [0, 0.1) is 11.3 Å². The third kappa shape index (κ3) is 5.30. The van der Waals surface area contributed by atoms with E-state index < -0.39 is 34.9 Å². The molecule has 0 amide bonds. The number of esters is 2. The number of ether oxygens (including phenoxy) is 2. The van der Waals surface area contributed by atoms with E-state index in [1.54, 1.807) is 6.92 Å². The molecule has 6 nitrogen and oxygen atoms in total. The normalized spacial score (nSPS) is 21.6. The molecule has 164 valence electrons. The lowest BCUT2D eigenvalue weighted by Gasteiger charge is -2.41. The summed E-state index contributed by atoms with van der Waals surface area (Å²) in [6.45, 7) is 7.62. The van der Waals surface area contributed by atoms with E-state index in [4.69, 9.17) is 9.47 Å². The van der Waals surface area contributed by atoms with Gasteiger partial charge in [0.05, 0.1) is 31.4 Å². The van der Waals surface area contributed by atoms with Gasteiger partial charge in [-0.05, 0) is 38.0 Å². The van der Waals surface area contributed by atoms with E-state index in [0.29, 0.717) is 25.7 Å². The third-order valence-corrected chi connectivity index (χ3v) is 5.43. The zero-order valence-corrected chi connectivity index (χ0v) is 17.3. The van der Waals surface area contributed by atoms with Gasteiger partial charge in [0.1, 0.15) is 5.56 Å². The van der Waals surface area contributed by atoms with Crippen LogP contribution >= 0.6 is 0 Å². The molecule has 2 rings (SSSR count). The zero-order chi connectivity index (χ0) is 21.8. The minimum atomic E-state index is -4.75. The molecule has 29 heavy (non-hydrogen) atoms. The Morgan fingerprint density at radius 2 is 1.93 bits per heavy atom. The van der Waals surface area contributed by atoms with Gasteiger partial charge in [-0.15, -0.1) is 0 Å². The first-order valence-electron chi connectivity index (χ1n) is 10.0. The van der Waals surface area contributed by atoms with E-state index in [0.717, 1.165) is 17.3 Å². The molecule has 1 aromatic rings. The molecule has 0 aliphatic heterocycles. The van der Waals surface area contributed by atoms with Crippen molar-refractivity contribution < 1.29 is 32.2 Å². The predicted molar refractivity (Wildman–Crippen MR) is 99.2 cm³/mol. The first kappa shape index (κ1) is 23.2. The Balaban J connectivity index is 2.29. The largest absolute Gasteiger partial charge is 0.466 e. The van der Waals surface area contributed by atoms with Gasteiger partial charge in [-0.3, -0.25) is 9.48 Å². The second-order valence-electron chi connectivity index (χ2n) is 8.07. The average Bonchev–Trinajstić information content (AvgIpc) is 3.06. The van der Waals surface area contributed by atoms with Crippen LogP contribution in [-0.2, 0) is 20.4 Å². The monoisotopic (exact) mass is 418 g/mol. The molecule has 0 aromatic carbocycles. The van der Waals surface area contributed by atoms with Gasteiger partial charge >= 0.3 is 18.1 Å². The quantitative estimate of drug-likeness (QED) is 0.470. The van der Waals surface area contributed by atoms with Gasteiger partial charge in [0.25, 0.3) is 0 Å². The Morgan fingerprint density at radius 1 is 1.24 bits per heavy atom. The van der Waals surface area contributed by atoms with Gasteiger partial charge in [0, 0.05) is 0 Å². The standard InChI is InChI=1S/C20H29F3N2O4/c1-5-7-10-29-17(26)14-12-24-25(16(14)20(21,22)23)13-8-9-15(18(27)28-6-2)19(3,4)11-13/h12-13,15H,5-11H2,1-4H3/t13-,15+/m0/s1. The van der Waals surface area contributed by atoms with Crippen LogP contribution in [0.15, 0.2) is 6.20 Å². The van der Waals surface area contributed by atoms with Crippen molar-refractivity contribution in [1.29, 1.82) is 0 Å². The molecule has 0 unspecified atom stereocenters. The summed E-state index contributed by atoms with van der Waals surface area (Å²) in [6, 6.07) is -0.579. The number of hydrogen-bond acceptors (Lipinski definition) is 5. The zero-order valence-electron chi connectivity index (χ0n) is 17.3. The van der Waals surface area contributed by atoms with Crippen LogP contribution in [-0.4, -0.2) is 34.9 Å². The molecule has 0 N–H and O–H groups in total. The molecule has 0 saturated heterocycles. The molecule has 0 bridgehead atoms. The Kier molecular flexibility index (Phi) is 7.35. The Hall–Kier alpha value is -2.06. The smallest absolute Gasteiger partial charge is 0.433 e. The number of carbonyl (C=O) groups excluding carboxylic acids is 2. The van der Waals surface area contributed by atoms with Crippen LogP contribution in [0.25, 0.3) is 0 Å². The van der Waals surface area contributed by atoms with E-state index in [-0.39, 0.29) is 25.1 Å². The highest BCUT2D eigenvalue weighted by Crippen LogP contribution is 2.47. The van der Waals surface area contributed by atoms with Gasteiger partial charge in [-0.25, -0.2) is 4.79 Å². The molecule has 1 fully saturated rings. The van der Waals surface area contributed by atoms with Gasteiger partial charge in [-0.1, -0.05) is 27.2 Å². The van der Waals surface area contributed by atoms with Crippen LogP contribution in [0.4, 0.5) is 13.2 Å². The summed E-state index contributed by atoms with van der Waals surface area (Å²) in [5.74, 6) is -1.73. The maximum atomic E-state index is 13.8. The average molecular weight is 418 g/mol. The van der Waals surface area contributed by atoms with Crippen molar-refractivity contribution in [2.24, 2.45) is 11.3 Å². The lowest BCUT2D eigenvalue weighted by molar-refractivity contribution is -0.156. The van der Waals surface area contributed by atoms with Crippen molar-refractivity contribution in [3.05, 3.63) is 17.5 Å². The van der Waals surface area contributed by atoms with Crippen LogP contribution in [0.5, 0.6) is 0 Å². The number of alkyl halides is 3. The first-order valence-corrected chi connectivity index (χ1v) is 10.0. The fraction of sp³-hybridized carbons (Fsp3) is 0.750. The fourth-order valence-electron chi connectivity index (χ4n) is 3.95. The van der Waals surface area contributed by atoms with Gasteiger partial charge in [0.15, 0.2) is 5.69 Å². The number of hydrogen-bond donors (Lipinski definition) is 0. The SMILES string of the molecule is CCCCOC(=O)c1cnn([C@H]2CC[C@H](C(=O)OCC)C(C)(C)C2)c1C(F)(F)F. The molecule has 1 aliphatic rings. The van der Waals surface area contributed by atoms with Crippen LogP contribution < -0.4 is 0 Å². The molecule has 9 heteroatoms. The molecule has 2 atom stereocenters. The Labute approximate surface area is 168 Å². The van der Waals surface area contributed by atoms with Crippen LogP contribution in [0.1, 0.15) is 81.9 Å². The minimum absolute atomic E-state index is 0.0650. The molecule has 1 heterocycles. The molecule has 0 spiro atoms. The van der Waals surface area contributed by atoms with Gasteiger partial charge < -0.3 is 9.47 Å². The second-order valence-corrected chi connectivity index (χ2v) is 8.07. The Morgan fingerprint density at radius 3 is 2.48 bits per heavy atom. The maximum Gasteiger partial charge on any atom is 0.433 e. The number of aromatic nitrogens is 2.